The van der Waals surface area contributed by atoms with E-state index in [0.29, 0.717) is 23.8 Å². The molecule has 0 bridgehead atoms. The molecule has 8 heteroatoms. The van der Waals surface area contributed by atoms with Gasteiger partial charge >= 0.3 is 0 Å². The molecule has 2 aromatic carbocycles. The van der Waals surface area contributed by atoms with Crippen molar-refractivity contribution in [1.29, 1.82) is 0 Å². The second-order valence-electron chi connectivity index (χ2n) is 8.61. The van der Waals surface area contributed by atoms with Gasteiger partial charge in [-0.05, 0) is 49.9 Å². The minimum Gasteiger partial charge on any atom is -0.328 e. The van der Waals surface area contributed by atoms with E-state index in [-0.39, 0.29) is 23.6 Å². The first kappa shape index (κ1) is 24.7. The number of rotatable bonds is 9. The number of nitrogens with zero attached hydrogens (tertiary/aromatic N) is 4. The number of carbonyl (C=O) groups is 2. The molecule has 182 valence electrons. The zero-order chi connectivity index (χ0) is 24.8. The van der Waals surface area contributed by atoms with Gasteiger partial charge in [0.2, 0.25) is 5.91 Å². The van der Waals surface area contributed by atoms with Crippen molar-refractivity contribution in [2.45, 2.75) is 50.9 Å². The van der Waals surface area contributed by atoms with Gasteiger partial charge in [0.25, 0.3) is 5.91 Å². The normalized spacial score (nSPS) is 15.3. The lowest BCUT2D eigenvalue weighted by molar-refractivity contribution is -0.113. The van der Waals surface area contributed by atoms with Crippen molar-refractivity contribution in [3.05, 3.63) is 83.7 Å². The molecule has 1 aliphatic heterocycles. The lowest BCUT2D eigenvalue weighted by Gasteiger charge is -2.25. The summed E-state index contributed by atoms with van der Waals surface area (Å²) < 4.78 is 1.97. The van der Waals surface area contributed by atoms with Crippen molar-refractivity contribution < 1.29 is 9.59 Å². The van der Waals surface area contributed by atoms with E-state index in [4.69, 9.17) is 0 Å². The number of likely N-dealkylation sites (tertiary alicyclic amines) is 1. The molecule has 1 saturated heterocycles. The quantitative estimate of drug-likeness (QED) is 0.336. The molecule has 1 atom stereocenters. The molecule has 0 aliphatic carbocycles. The number of hydrogen-bond donors (Lipinski definition) is 1. The molecule has 7 nitrogen and oxygen atoms in total. The molecule has 0 spiro atoms. The molecule has 35 heavy (non-hydrogen) atoms. The Kier molecular flexibility index (Phi) is 8.02. The van der Waals surface area contributed by atoms with E-state index in [0.717, 1.165) is 41.9 Å². The van der Waals surface area contributed by atoms with Gasteiger partial charge in [0.05, 0.1) is 11.8 Å². The number of aryl methyl sites for hydroxylation is 2. The van der Waals surface area contributed by atoms with Gasteiger partial charge in [-0.2, -0.15) is 0 Å². The van der Waals surface area contributed by atoms with Crippen LogP contribution in [0.3, 0.4) is 0 Å². The highest BCUT2D eigenvalue weighted by atomic mass is 32.2. The Morgan fingerprint density at radius 3 is 2.80 bits per heavy atom. The molecule has 1 aliphatic rings. The van der Waals surface area contributed by atoms with Crippen LogP contribution in [0.4, 0.5) is 5.69 Å². The number of allylic oxidation sites excluding steroid dienone is 1. The van der Waals surface area contributed by atoms with Crippen molar-refractivity contribution in [3.8, 4) is 0 Å². The summed E-state index contributed by atoms with van der Waals surface area (Å²) in [5.74, 6) is 0.863. The van der Waals surface area contributed by atoms with Crippen LogP contribution < -0.4 is 5.32 Å². The van der Waals surface area contributed by atoms with Crippen LogP contribution >= 0.6 is 11.8 Å². The topological polar surface area (TPSA) is 80.1 Å². The zero-order valence-corrected chi connectivity index (χ0v) is 21.1. The second kappa shape index (κ2) is 11.4. The molecule has 1 aromatic heterocycles. The van der Waals surface area contributed by atoms with Gasteiger partial charge in [0.15, 0.2) is 11.0 Å². The lowest BCUT2D eigenvalue weighted by Crippen LogP contribution is -2.32. The van der Waals surface area contributed by atoms with Gasteiger partial charge in [-0.25, -0.2) is 0 Å². The average molecular weight is 490 g/mol. The molecular formula is C27H31N5O2S. The largest absolute Gasteiger partial charge is 0.328 e. The number of thioether (sulfide) groups is 1. The number of benzene rings is 2. The number of aromatic nitrogens is 3. The van der Waals surface area contributed by atoms with E-state index in [9.17, 15) is 9.59 Å². The van der Waals surface area contributed by atoms with Crippen LogP contribution in [-0.2, 0) is 17.8 Å². The monoisotopic (exact) mass is 489 g/mol. The fourth-order valence-corrected chi connectivity index (χ4v) is 5.20. The standard InChI is InChI=1S/C27H31N5O2S/c1-4-15-32-25(23-14-9-16-31(23)26(34)21-12-8-10-19(3)17-21)29-30-27(32)35-18-24(33)28-22-13-7-6-11-20(22)5-2/h4,6-8,10-13,17,23H,1,5,9,14-16,18H2,2-3H3,(H,28,33). The molecule has 1 unspecified atom stereocenters. The van der Waals surface area contributed by atoms with Crippen LogP contribution in [0.5, 0.6) is 0 Å². The zero-order valence-electron chi connectivity index (χ0n) is 20.2. The summed E-state index contributed by atoms with van der Waals surface area (Å²) in [6.45, 7) is 9.12. The summed E-state index contributed by atoms with van der Waals surface area (Å²) in [5.41, 5.74) is 3.68. The molecule has 3 aromatic rings. The highest BCUT2D eigenvalue weighted by Crippen LogP contribution is 2.34. The Morgan fingerprint density at radius 2 is 2.03 bits per heavy atom. The van der Waals surface area contributed by atoms with E-state index in [2.05, 4.69) is 29.0 Å². The Hall–Kier alpha value is -3.39. The third-order valence-electron chi connectivity index (χ3n) is 6.14. The maximum absolute atomic E-state index is 13.3. The lowest BCUT2D eigenvalue weighted by atomic mass is 10.1. The van der Waals surface area contributed by atoms with Gasteiger partial charge in [0.1, 0.15) is 0 Å². The van der Waals surface area contributed by atoms with Crippen LogP contribution in [0, 0.1) is 6.92 Å². The van der Waals surface area contributed by atoms with Crippen LogP contribution in [0.1, 0.15) is 53.1 Å². The summed E-state index contributed by atoms with van der Waals surface area (Å²) in [6.07, 6.45) is 4.37. The molecule has 0 saturated carbocycles. The van der Waals surface area contributed by atoms with Gasteiger partial charge < -0.3 is 14.8 Å². The second-order valence-corrected chi connectivity index (χ2v) is 9.56. The van der Waals surface area contributed by atoms with E-state index in [1.807, 2.05) is 64.9 Å². The third-order valence-corrected chi connectivity index (χ3v) is 7.11. The Balaban J connectivity index is 1.49. The number of hydrogen-bond acceptors (Lipinski definition) is 5. The molecule has 1 N–H and O–H groups in total. The molecule has 2 amide bonds. The Bertz CT molecular complexity index is 1220. The summed E-state index contributed by atoms with van der Waals surface area (Å²) in [6, 6.07) is 15.3. The van der Waals surface area contributed by atoms with E-state index in [1.165, 1.54) is 11.8 Å². The van der Waals surface area contributed by atoms with Crippen molar-refractivity contribution in [2.24, 2.45) is 0 Å². The molecular weight excluding hydrogens is 458 g/mol. The van der Waals surface area contributed by atoms with Gasteiger partial charge in [0, 0.05) is 24.3 Å². The summed E-state index contributed by atoms with van der Waals surface area (Å²) in [5, 5.41) is 12.5. The number of carbonyl (C=O) groups excluding carboxylic acids is 2. The number of anilines is 1. The summed E-state index contributed by atoms with van der Waals surface area (Å²) in [7, 11) is 0. The maximum Gasteiger partial charge on any atom is 0.254 e. The number of amides is 2. The maximum atomic E-state index is 13.3. The Labute approximate surface area is 210 Å². The Morgan fingerprint density at radius 1 is 1.20 bits per heavy atom. The van der Waals surface area contributed by atoms with E-state index in [1.54, 1.807) is 6.08 Å². The van der Waals surface area contributed by atoms with Crippen LogP contribution in [0.2, 0.25) is 0 Å². The number of nitrogens with one attached hydrogen (secondary N) is 1. The van der Waals surface area contributed by atoms with Gasteiger partial charge in [-0.3, -0.25) is 9.59 Å². The highest BCUT2D eigenvalue weighted by molar-refractivity contribution is 7.99. The minimum absolute atomic E-state index is 0.00697. The predicted molar refractivity (Wildman–Crippen MR) is 140 cm³/mol. The molecule has 4 rings (SSSR count). The number of para-hydroxylation sites is 1. The molecule has 0 radical (unpaired) electrons. The average Bonchev–Trinajstić information content (AvgIpc) is 3.50. The summed E-state index contributed by atoms with van der Waals surface area (Å²) >= 11 is 1.34. The SMILES string of the molecule is C=CCn1c(SCC(=O)Nc2ccccc2CC)nnc1C1CCCN1C(=O)c1cccc(C)c1. The first-order valence-corrected chi connectivity index (χ1v) is 12.9. The first-order chi connectivity index (χ1) is 17.0. The fraction of sp³-hybridized carbons (Fsp3) is 0.333. The molecule has 1 fully saturated rings. The van der Waals surface area contributed by atoms with Gasteiger partial charge in [-0.15, -0.1) is 16.8 Å². The third kappa shape index (κ3) is 5.65. The first-order valence-electron chi connectivity index (χ1n) is 11.9. The van der Waals surface area contributed by atoms with Crippen molar-refractivity contribution in [1.82, 2.24) is 19.7 Å². The van der Waals surface area contributed by atoms with E-state index < -0.39 is 0 Å². The van der Waals surface area contributed by atoms with Crippen LogP contribution in [0.25, 0.3) is 0 Å². The fourth-order valence-electron chi connectivity index (χ4n) is 4.44. The van der Waals surface area contributed by atoms with Crippen molar-refractivity contribution >= 4 is 29.3 Å². The van der Waals surface area contributed by atoms with E-state index >= 15 is 0 Å². The smallest absolute Gasteiger partial charge is 0.254 e. The highest BCUT2D eigenvalue weighted by Gasteiger charge is 2.34. The van der Waals surface area contributed by atoms with Crippen LogP contribution in [-0.4, -0.2) is 43.8 Å². The summed E-state index contributed by atoms with van der Waals surface area (Å²) in [4.78, 5) is 27.8. The van der Waals surface area contributed by atoms with Crippen molar-refractivity contribution in [3.63, 3.8) is 0 Å². The van der Waals surface area contributed by atoms with Gasteiger partial charge in [-0.1, -0.05) is 60.7 Å². The molecule has 2 heterocycles. The van der Waals surface area contributed by atoms with Crippen molar-refractivity contribution in [2.75, 3.05) is 17.6 Å². The predicted octanol–water partition coefficient (Wildman–Crippen LogP) is 5.04. The minimum atomic E-state index is -0.157. The van der Waals surface area contributed by atoms with Crippen LogP contribution in [0.15, 0.2) is 66.3 Å².